The highest BCUT2D eigenvalue weighted by Crippen LogP contribution is 2.38. The standard InChI is InChI=1S/C31H51N3O5/c1-21-27(35)13-11-25(34-21)8-4-3-6-22-7-5-9-26-18-30(2,14-15-32-26)33-20-31(39,19-29(37)38)24-10-12-28(36)23(16-22)17-24/h10,12,21-28,32-36,39H,3-4,6,8-9,11,13-20H2,1-2H3,(H,37,38). The molecule has 8 heteroatoms. The van der Waals surface area contributed by atoms with Crippen molar-refractivity contribution in [2.45, 2.75) is 132 Å². The van der Waals surface area contributed by atoms with Gasteiger partial charge < -0.3 is 36.4 Å². The van der Waals surface area contributed by atoms with Crippen molar-refractivity contribution in [3.8, 4) is 11.8 Å². The van der Waals surface area contributed by atoms with Gasteiger partial charge in [0, 0.05) is 48.5 Å². The summed E-state index contributed by atoms with van der Waals surface area (Å²) in [5.41, 5.74) is -1.63. The minimum atomic E-state index is -1.42. The Hall–Kier alpha value is -1.47. The molecule has 220 valence electrons. The molecule has 10 atom stereocenters. The Bertz CT molecular complexity index is 918. The molecule has 4 aliphatic rings. The maximum absolute atomic E-state index is 11.8. The van der Waals surface area contributed by atoms with Crippen LogP contribution in [0.15, 0.2) is 12.2 Å². The van der Waals surface area contributed by atoms with Gasteiger partial charge in [0.2, 0.25) is 0 Å². The fraction of sp³-hybridized carbons (Fsp3) is 0.839. The molecule has 0 saturated carbocycles. The molecule has 4 bridgehead atoms. The number of aliphatic carboxylic acids is 1. The average Bonchev–Trinajstić information content (AvgIpc) is 2.88. The Morgan fingerprint density at radius 2 is 1.92 bits per heavy atom. The molecule has 0 aromatic carbocycles. The number of carboxylic acid groups (broad SMARTS) is 1. The molecular weight excluding hydrogens is 494 g/mol. The number of β-amino-alcohol motifs (C(OH)–C–C–N with tert-alkyl or cyclic N) is 1. The van der Waals surface area contributed by atoms with Crippen LogP contribution in [0.4, 0.5) is 0 Å². The number of rotatable bonds is 7. The van der Waals surface area contributed by atoms with E-state index in [1.165, 1.54) is 0 Å². The lowest BCUT2D eigenvalue weighted by Gasteiger charge is -2.44. The second-order valence-corrected chi connectivity index (χ2v) is 13.2. The van der Waals surface area contributed by atoms with Crippen molar-refractivity contribution in [1.82, 2.24) is 16.0 Å². The van der Waals surface area contributed by atoms with Crippen LogP contribution >= 0.6 is 0 Å². The number of piperidine rings is 2. The summed E-state index contributed by atoms with van der Waals surface area (Å²) in [5.74, 6) is 5.78. The molecule has 3 aliphatic heterocycles. The number of carboxylic acids is 1. The summed E-state index contributed by atoms with van der Waals surface area (Å²) >= 11 is 0. The minimum Gasteiger partial charge on any atom is -0.481 e. The summed E-state index contributed by atoms with van der Waals surface area (Å²) in [5, 5.41) is 52.9. The molecule has 2 saturated heterocycles. The fourth-order valence-corrected chi connectivity index (χ4v) is 7.25. The molecule has 0 amide bonds. The number of aliphatic hydroxyl groups excluding tert-OH is 2. The third-order valence-electron chi connectivity index (χ3n) is 9.84. The molecule has 0 radical (unpaired) electrons. The van der Waals surface area contributed by atoms with Gasteiger partial charge in [-0.1, -0.05) is 30.9 Å². The molecule has 0 aromatic heterocycles. The Balaban J connectivity index is 1.46. The van der Waals surface area contributed by atoms with Gasteiger partial charge in [0.15, 0.2) is 0 Å². The van der Waals surface area contributed by atoms with Gasteiger partial charge in [-0.25, -0.2) is 0 Å². The number of carbonyl (C=O) groups is 1. The maximum atomic E-state index is 11.8. The van der Waals surface area contributed by atoms with Crippen molar-refractivity contribution in [3.05, 3.63) is 12.2 Å². The van der Waals surface area contributed by atoms with Gasteiger partial charge in [-0.15, -0.1) is 5.92 Å². The van der Waals surface area contributed by atoms with Crippen LogP contribution in [0.5, 0.6) is 0 Å². The second-order valence-electron chi connectivity index (χ2n) is 13.2. The van der Waals surface area contributed by atoms with Crippen molar-refractivity contribution in [1.29, 1.82) is 0 Å². The van der Waals surface area contributed by atoms with Gasteiger partial charge in [0.25, 0.3) is 0 Å². The van der Waals surface area contributed by atoms with E-state index in [4.69, 9.17) is 0 Å². The van der Waals surface area contributed by atoms with Gasteiger partial charge in [-0.3, -0.25) is 4.79 Å². The lowest BCUT2D eigenvalue weighted by molar-refractivity contribution is -0.145. The van der Waals surface area contributed by atoms with E-state index in [9.17, 15) is 25.2 Å². The predicted molar refractivity (Wildman–Crippen MR) is 152 cm³/mol. The third-order valence-corrected chi connectivity index (χ3v) is 9.84. The van der Waals surface area contributed by atoms with Crippen LogP contribution in [0.2, 0.25) is 0 Å². The first kappa shape index (κ1) is 30.5. The molecule has 10 unspecified atom stereocenters. The number of aliphatic hydroxyl groups is 3. The minimum absolute atomic E-state index is 0.0712. The topological polar surface area (TPSA) is 134 Å². The first-order chi connectivity index (χ1) is 18.6. The molecular formula is C31H51N3O5. The molecule has 39 heavy (non-hydrogen) atoms. The highest BCUT2D eigenvalue weighted by molar-refractivity contribution is 5.68. The zero-order valence-corrected chi connectivity index (χ0v) is 23.9. The summed E-state index contributed by atoms with van der Waals surface area (Å²) in [6.45, 7) is 5.28. The van der Waals surface area contributed by atoms with Crippen molar-refractivity contribution in [2.75, 3.05) is 13.1 Å². The molecule has 3 heterocycles. The lowest BCUT2D eigenvalue weighted by Crippen LogP contribution is -2.59. The number of hydrogen-bond donors (Lipinski definition) is 7. The molecule has 2 fully saturated rings. The monoisotopic (exact) mass is 545 g/mol. The van der Waals surface area contributed by atoms with E-state index in [-0.39, 0.29) is 54.4 Å². The normalized spacial score (nSPS) is 43.1. The summed E-state index contributed by atoms with van der Waals surface area (Å²) in [4.78, 5) is 11.8. The number of nitrogens with one attached hydrogen (secondary N) is 3. The van der Waals surface area contributed by atoms with Gasteiger partial charge in [0.1, 0.15) is 0 Å². The zero-order valence-electron chi connectivity index (χ0n) is 23.9. The quantitative estimate of drug-likeness (QED) is 0.147. The average molecular weight is 546 g/mol. The summed E-state index contributed by atoms with van der Waals surface area (Å²) in [7, 11) is 0. The van der Waals surface area contributed by atoms with Crippen molar-refractivity contribution in [2.24, 2.45) is 17.8 Å². The fourth-order valence-electron chi connectivity index (χ4n) is 7.25. The highest BCUT2D eigenvalue weighted by Gasteiger charge is 2.43. The Labute approximate surface area is 234 Å². The van der Waals surface area contributed by atoms with Crippen molar-refractivity contribution < 1.29 is 25.2 Å². The van der Waals surface area contributed by atoms with Crippen LogP contribution in [0, 0.1) is 29.6 Å². The van der Waals surface area contributed by atoms with Crippen molar-refractivity contribution >= 4 is 5.97 Å². The predicted octanol–water partition coefficient (Wildman–Crippen LogP) is 2.32. The molecule has 0 aromatic rings. The van der Waals surface area contributed by atoms with E-state index in [2.05, 4.69) is 41.6 Å². The highest BCUT2D eigenvalue weighted by atomic mass is 16.4. The summed E-state index contributed by atoms with van der Waals surface area (Å²) in [6.07, 6.45) is 12.3. The zero-order chi connectivity index (χ0) is 28.0. The van der Waals surface area contributed by atoms with E-state index < -0.39 is 17.7 Å². The van der Waals surface area contributed by atoms with Crippen LogP contribution in [-0.2, 0) is 4.79 Å². The van der Waals surface area contributed by atoms with Crippen molar-refractivity contribution in [3.63, 3.8) is 0 Å². The SMILES string of the molecule is CC1NC(CCCCC2C#CCC3CC(C)(CCN3)NCC(O)(CC(=O)O)C3C=CC(O)C(C2)C3)CCC1O. The Morgan fingerprint density at radius 3 is 2.69 bits per heavy atom. The van der Waals surface area contributed by atoms with Crippen LogP contribution < -0.4 is 16.0 Å². The first-order valence-corrected chi connectivity index (χ1v) is 15.3. The Morgan fingerprint density at radius 1 is 1.13 bits per heavy atom. The van der Waals surface area contributed by atoms with E-state index in [1.807, 2.05) is 6.08 Å². The van der Waals surface area contributed by atoms with Gasteiger partial charge >= 0.3 is 5.97 Å². The number of fused-ring (bicyclic) bond motifs is 4. The smallest absolute Gasteiger partial charge is 0.306 e. The van der Waals surface area contributed by atoms with Gasteiger partial charge in [-0.2, -0.15) is 0 Å². The lowest BCUT2D eigenvalue weighted by atomic mass is 9.71. The van der Waals surface area contributed by atoms with E-state index in [1.54, 1.807) is 6.08 Å². The Kier molecular flexibility index (Phi) is 10.5. The molecule has 1 aliphatic carbocycles. The number of unbranched alkanes of at least 4 members (excludes halogenated alkanes) is 1. The molecule has 4 rings (SSSR count). The van der Waals surface area contributed by atoms with Gasteiger partial charge in [-0.05, 0) is 77.7 Å². The summed E-state index contributed by atoms with van der Waals surface area (Å²) < 4.78 is 0. The molecule has 0 spiro atoms. The third kappa shape index (κ3) is 8.51. The van der Waals surface area contributed by atoms with Crippen LogP contribution in [0.3, 0.4) is 0 Å². The van der Waals surface area contributed by atoms with E-state index >= 15 is 0 Å². The largest absolute Gasteiger partial charge is 0.481 e. The first-order valence-electron chi connectivity index (χ1n) is 15.3. The van der Waals surface area contributed by atoms with Crippen LogP contribution in [0.1, 0.15) is 90.9 Å². The maximum Gasteiger partial charge on any atom is 0.306 e. The number of hydrogen-bond acceptors (Lipinski definition) is 7. The molecule has 7 N–H and O–H groups in total. The summed E-state index contributed by atoms with van der Waals surface area (Å²) in [6, 6.07) is 0.851. The van der Waals surface area contributed by atoms with Crippen LogP contribution in [-0.4, -0.2) is 81.0 Å². The van der Waals surface area contributed by atoms with Crippen LogP contribution in [0.25, 0.3) is 0 Å². The van der Waals surface area contributed by atoms with Gasteiger partial charge in [0.05, 0.1) is 24.2 Å². The van der Waals surface area contributed by atoms with E-state index in [0.29, 0.717) is 12.5 Å². The molecule has 8 nitrogen and oxygen atoms in total. The van der Waals surface area contributed by atoms with E-state index in [0.717, 1.165) is 70.8 Å². The second kappa shape index (κ2) is 13.5.